The van der Waals surface area contributed by atoms with Gasteiger partial charge in [-0.25, -0.2) is 4.57 Å². The number of imidazole rings is 1. The fourth-order valence-electron chi connectivity index (χ4n) is 1.91. The van der Waals surface area contributed by atoms with Gasteiger partial charge in [-0.3, -0.25) is 4.79 Å². The lowest BCUT2D eigenvalue weighted by atomic mass is 9.91. The number of carbonyl (C=O) groups is 1. The zero-order chi connectivity index (χ0) is 14.9. The van der Waals surface area contributed by atoms with Crippen LogP contribution in [0.15, 0.2) is 35.6 Å². The number of aromatic nitrogens is 2. The van der Waals surface area contributed by atoms with Crippen molar-refractivity contribution in [1.29, 1.82) is 10.5 Å². The summed E-state index contributed by atoms with van der Waals surface area (Å²) >= 11 is 0. The Bertz CT molecular complexity index is 728. The normalized spacial score (nSPS) is 16.1. The van der Waals surface area contributed by atoms with E-state index in [1.165, 1.54) is 11.7 Å². The molecule has 1 aliphatic rings. The van der Waals surface area contributed by atoms with Crippen LogP contribution in [0.5, 0.6) is 0 Å². The number of carbonyl (C=O) groups excluding carboxylic acids is 1. The molecule has 1 radical (unpaired) electrons. The Balaban J connectivity index is 2.69. The number of Topliss-reactive ketones (excluding diaryl/α,β-unsaturated/α-hetero) is 1. The van der Waals surface area contributed by atoms with Gasteiger partial charge in [-0.15, -0.1) is 0 Å². The fourth-order valence-corrected chi connectivity index (χ4v) is 1.91. The van der Waals surface area contributed by atoms with Gasteiger partial charge < -0.3 is 9.84 Å². The van der Waals surface area contributed by atoms with Gasteiger partial charge in [0.15, 0.2) is 5.70 Å². The summed E-state index contributed by atoms with van der Waals surface area (Å²) in [6.45, 7) is 0. The predicted octanol–water partition coefficient (Wildman–Crippen LogP) is -0.0415. The van der Waals surface area contributed by atoms with Gasteiger partial charge >= 0.3 is 0 Å². The van der Waals surface area contributed by atoms with Crippen LogP contribution in [-0.2, 0) is 16.6 Å². The topological polar surface area (TPSA) is 103 Å². The molecule has 0 saturated carbocycles. The Labute approximate surface area is 114 Å². The number of ketones is 1. The van der Waals surface area contributed by atoms with Gasteiger partial charge in [-0.05, 0) is 0 Å². The summed E-state index contributed by atoms with van der Waals surface area (Å²) < 4.78 is 8.13. The first-order chi connectivity index (χ1) is 9.54. The Morgan fingerprint density at radius 3 is 2.45 bits per heavy atom. The van der Waals surface area contributed by atoms with Crippen molar-refractivity contribution in [2.24, 2.45) is 7.05 Å². The summed E-state index contributed by atoms with van der Waals surface area (Å²) in [5.41, 5.74) is -0.750. The highest BCUT2D eigenvalue weighted by molar-refractivity contribution is 6.17. The second-order valence-corrected chi connectivity index (χ2v) is 4.02. The number of ether oxygens (including phenoxy) is 1. The number of aliphatic hydroxyl groups is 1. The summed E-state index contributed by atoms with van der Waals surface area (Å²) in [5, 5.41) is 28.2. The van der Waals surface area contributed by atoms with Crippen LogP contribution in [-0.4, -0.2) is 22.6 Å². The minimum absolute atomic E-state index is 0.0358. The van der Waals surface area contributed by atoms with Crippen molar-refractivity contribution in [3.63, 3.8) is 0 Å². The summed E-state index contributed by atoms with van der Waals surface area (Å²) in [4.78, 5) is 12.1. The molecule has 1 aromatic heterocycles. The highest BCUT2D eigenvalue weighted by Crippen LogP contribution is 2.35. The van der Waals surface area contributed by atoms with Gasteiger partial charge in [0.1, 0.15) is 24.0 Å². The molecule has 0 unspecified atom stereocenters. The predicted molar refractivity (Wildman–Crippen MR) is 64.3 cm³/mol. The number of methoxy groups -OCH3 is 1. The number of allylic oxidation sites excluding steroid dienone is 1. The number of hydrogen-bond donors (Lipinski definition) is 1. The highest BCUT2D eigenvalue weighted by Gasteiger charge is 2.41. The standard InChI is InChI=1S/C13H10N4O3/c1-16-3-4-17(7-16)10-11(18)8(5-14)9(6-15)12(19)13(10)20-2/h3-4,7,18H,1-2H3/q+1. The van der Waals surface area contributed by atoms with E-state index in [1.807, 2.05) is 0 Å². The summed E-state index contributed by atoms with van der Waals surface area (Å²) in [5.74, 6) is -0.912. The van der Waals surface area contributed by atoms with Crippen molar-refractivity contribution >= 4 is 11.5 Å². The van der Waals surface area contributed by atoms with Crippen molar-refractivity contribution in [2.45, 2.75) is 0 Å². The van der Waals surface area contributed by atoms with Crippen LogP contribution < -0.4 is 4.57 Å². The zero-order valence-corrected chi connectivity index (χ0v) is 10.8. The molecular formula is C13H10N4O3+. The first kappa shape index (κ1) is 13.5. The molecule has 7 heteroatoms. The van der Waals surface area contributed by atoms with Crippen LogP contribution in [0.2, 0.25) is 0 Å². The molecule has 1 aromatic rings. The zero-order valence-electron chi connectivity index (χ0n) is 10.8. The first-order valence-corrected chi connectivity index (χ1v) is 5.52. The second-order valence-electron chi connectivity index (χ2n) is 4.02. The first-order valence-electron chi connectivity index (χ1n) is 5.52. The molecule has 0 bridgehead atoms. The maximum Gasteiger partial charge on any atom is 0.248 e. The third-order valence-electron chi connectivity index (χ3n) is 2.81. The largest absolute Gasteiger partial charge is 0.489 e. The molecule has 0 fully saturated rings. The molecule has 0 aromatic carbocycles. The van der Waals surface area contributed by atoms with Gasteiger partial charge in [0.05, 0.1) is 25.8 Å². The summed E-state index contributed by atoms with van der Waals surface area (Å²) in [7, 11) is 3.02. The molecule has 1 heterocycles. The van der Waals surface area contributed by atoms with Crippen LogP contribution in [0.4, 0.5) is 0 Å². The third kappa shape index (κ3) is 1.87. The molecular weight excluding hydrogens is 260 g/mol. The second kappa shape index (κ2) is 5.00. The van der Waals surface area contributed by atoms with E-state index in [0.29, 0.717) is 0 Å². The number of nitrogens with zero attached hydrogens (tertiary/aromatic N) is 4. The lowest BCUT2D eigenvalue weighted by molar-refractivity contribution is -0.670. The molecule has 20 heavy (non-hydrogen) atoms. The van der Waals surface area contributed by atoms with Crippen molar-refractivity contribution < 1.29 is 19.2 Å². The molecule has 0 atom stereocenters. The lowest BCUT2D eigenvalue weighted by Gasteiger charge is -2.19. The van der Waals surface area contributed by atoms with Gasteiger partial charge in [0.25, 0.3) is 0 Å². The molecule has 99 valence electrons. The maximum atomic E-state index is 12.1. The number of hydrogen-bond acceptors (Lipinski definition) is 5. The van der Waals surface area contributed by atoms with Crippen LogP contribution in [0.3, 0.4) is 0 Å². The van der Waals surface area contributed by atoms with E-state index < -0.39 is 17.5 Å². The number of aryl methyl sites for hydroxylation is 1. The molecule has 2 rings (SSSR count). The minimum atomic E-state index is -0.726. The Hall–Kier alpha value is -2.90. The monoisotopic (exact) mass is 270 g/mol. The number of aliphatic hydroxyl groups excluding tert-OH is 1. The van der Waals surface area contributed by atoms with E-state index in [9.17, 15) is 9.90 Å². The van der Waals surface area contributed by atoms with E-state index in [0.717, 1.165) is 0 Å². The van der Waals surface area contributed by atoms with Crippen LogP contribution >= 0.6 is 0 Å². The van der Waals surface area contributed by atoms with Crippen molar-refractivity contribution in [3.8, 4) is 12.1 Å². The van der Waals surface area contributed by atoms with Gasteiger partial charge in [-0.2, -0.15) is 15.1 Å². The van der Waals surface area contributed by atoms with Crippen LogP contribution in [0.1, 0.15) is 0 Å². The smallest absolute Gasteiger partial charge is 0.248 e. The van der Waals surface area contributed by atoms with E-state index >= 15 is 0 Å². The molecule has 7 nitrogen and oxygen atoms in total. The van der Waals surface area contributed by atoms with Crippen LogP contribution in [0, 0.1) is 28.8 Å². The summed E-state index contributed by atoms with van der Waals surface area (Å²) in [6, 6.07) is 3.30. The van der Waals surface area contributed by atoms with E-state index in [1.54, 1.807) is 42.5 Å². The van der Waals surface area contributed by atoms with Crippen molar-refractivity contribution in [1.82, 2.24) is 4.57 Å². The molecule has 0 amide bonds. The molecule has 0 aliphatic heterocycles. The van der Waals surface area contributed by atoms with Crippen molar-refractivity contribution in [3.05, 3.63) is 41.7 Å². The fraction of sp³-hybridized carbons (Fsp3) is 0.154. The summed E-state index contributed by atoms with van der Waals surface area (Å²) in [6.07, 6.45) is 4.40. The minimum Gasteiger partial charge on any atom is -0.489 e. The van der Waals surface area contributed by atoms with Gasteiger partial charge in [0.2, 0.25) is 24.0 Å². The number of rotatable bonds is 2. The third-order valence-corrected chi connectivity index (χ3v) is 2.81. The van der Waals surface area contributed by atoms with Crippen LogP contribution in [0.25, 0.3) is 5.70 Å². The van der Waals surface area contributed by atoms with Gasteiger partial charge in [-0.1, -0.05) is 0 Å². The number of nitriles is 2. The van der Waals surface area contributed by atoms with Crippen molar-refractivity contribution in [2.75, 3.05) is 7.11 Å². The van der Waals surface area contributed by atoms with E-state index in [4.69, 9.17) is 15.3 Å². The van der Waals surface area contributed by atoms with E-state index in [-0.39, 0.29) is 17.0 Å². The SMILES string of the molecule is COC1=C(n2cc[n+](C)c2)[C](O)C(C#N)=C(C#N)C1=O. The quantitative estimate of drug-likeness (QED) is 0.759. The lowest BCUT2D eigenvalue weighted by Crippen LogP contribution is -2.27. The molecule has 1 aliphatic carbocycles. The van der Waals surface area contributed by atoms with E-state index in [2.05, 4.69) is 0 Å². The average molecular weight is 270 g/mol. The highest BCUT2D eigenvalue weighted by atomic mass is 16.5. The maximum absolute atomic E-state index is 12.1. The Morgan fingerprint density at radius 1 is 1.35 bits per heavy atom. The molecule has 0 spiro atoms. The average Bonchev–Trinajstić information content (AvgIpc) is 2.85. The molecule has 1 N–H and O–H groups in total. The molecule has 0 saturated heterocycles. The van der Waals surface area contributed by atoms with Gasteiger partial charge in [0, 0.05) is 0 Å². The Kier molecular flexibility index (Phi) is 3.38. The Morgan fingerprint density at radius 2 is 2.00 bits per heavy atom.